The molecule has 1 fully saturated rings. The van der Waals surface area contributed by atoms with E-state index in [2.05, 4.69) is 17.0 Å². The summed E-state index contributed by atoms with van der Waals surface area (Å²) < 4.78 is 0. The van der Waals surface area contributed by atoms with Crippen LogP contribution in [0.25, 0.3) is 10.8 Å². The molecule has 0 aromatic heterocycles. The Morgan fingerprint density at radius 1 is 1.00 bits per heavy atom. The molecular weight excluding hydrogens is 290 g/mol. The van der Waals surface area contributed by atoms with Crippen LogP contribution in [-0.4, -0.2) is 41.8 Å². The average Bonchev–Trinajstić information content (AvgIpc) is 2.59. The minimum Gasteiger partial charge on any atom is -0.302 e. The zero-order chi connectivity index (χ0) is 15.2. The van der Waals surface area contributed by atoms with E-state index in [-0.39, 0.29) is 5.78 Å². The lowest BCUT2D eigenvalue weighted by Gasteiger charge is -2.25. The second kappa shape index (κ2) is 7.80. The van der Waals surface area contributed by atoms with Gasteiger partial charge in [-0.3, -0.25) is 4.79 Å². The highest BCUT2D eigenvalue weighted by molar-refractivity contribution is 7.99. The number of benzene rings is 2. The number of thioether (sulfide) groups is 1. The molecule has 1 heterocycles. The maximum Gasteiger partial charge on any atom is 0.162 e. The van der Waals surface area contributed by atoms with Crippen molar-refractivity contribution in [3.05, 3.63) is 48.0 Å². The summed E-state index contributed by atoms with van der Waals surface area (Å²) >= 11 is 2.05. The quantitative estimate of drug-likeness (QED) is 0.587. The number of nitrogens with zero attached hydrogens (tertiary/aromatic N) is 1. The van der Waals surface area contributed by atoms with E-state index in [0.717, 1.165) is 30.3 Å². The smallest absolute Gasteiger partial charge is 0.162 e. The monoisotopic (exact) mass is 313 g/mol. The SMILES string of the molecule is O=C(CCCCN1CCSCC1)c1ccc2ccccc2c1. The van der Waals surface area contributed by atoms with Crippen LogP contribution >= 0.6 is 11.8 Å². The largest absolute Gasteiger partial charge is 0.302 e. The molecule has 0 bridgehead atoms. The Labute approximate surface area is 136 Å². The number of hydrogen-bond acceptors (Lipinski definition) is 3. The molecule has 0 N–H and O–H groups in total. The summed E-state index contributed by atoms with van der Waals surface area (Å²) in [7, 11) is 0. The third-order valence-corrected chi connectivity index (χ3v) is 5.25. The fraction of sp³-hybridized carbons (Fsp3) is 0.421. The number of ketones is 1. The molecule has 3 rings (SSSR count). The first-order chi connectivity index (χ1) is 10.8. The molecule has 2 aromatic carbocycles. The number of rotatable bonds is 6. The molecule has 2 nitrogen and oxygen atoms in total. The topological polar surface area (TPSA) is 20.3 Å². The van der Waals surface area contributed by atoms with Crippen LogP contribution in [0.2, 0.25) is 0 Å². The molecule has 0 atom stereocenters. The number of carbonyl (C=O) groups excluding carboxylic acids is 1. The number of unbranched alkanes of at least 4 members (excludes halogenated alkanes) is 1. The highest BCUT2D eigenvalue weighted by Gasteiger charge is 2.10. The van der Waals surface area contributed by atoms with Gasteiger partial charge in [0.05, 0.1) is 0 Å². The number of carbonyl (C=O) groups is 1. The summed E-state index contributed by atoms with van der Waals surface area (Å²) in [4.78, 5) is 14.8. The third-order valence-electron chi connectivity index (χ3n) is 4.30. The molecule has 0 amide bonds. The van der Waals surface area contributed by atoms with E-state index in [9.17, 15) is 4.79 Å². The van der Waals surface area contributed by atoms with Crippen molar-refractivity contribution in [3.63, 3.8) is 0 Å². The first-order valence-corrected chi connectivity index (χ1v) is 9.30. The standard InChI is InChI=1S/C19H23NOS/c21-19(7-3-4-10-20-11-13-22-14-12-20)18-9-8-16-5-1-2-6-17(16)15-18/h1-2,5-6,8-9,15H,3-4,7,10-14H2. The van der Waals surface area contributed by atoms with Crippen LogP contribution in [0.5, 0.6) is 0 Å². The summed E-state index contributed by atoms with van der Waals surface area (Å²) in [6.07, 6.45) is 2.79. The van der Waals surface area contributed by atoms with Crippen molar-refractivity contribution in [2.45, 2.75) is 19.3 Å². The second-order valence-electron chi connectivity index (χ2n) is 5.90. The van der Waals surface area contributed by atoms with E-state index in [1.807, 2.05) is 42.1 Å². The Kier molecular flexibility index (Phi) is 5.52. The van der Waals surface area contributed by atoms with Gasteiger partial charge in [0.1, 0.15) is 0 Å². The maximum atomic E-state index is 12.3. The van der Waals surface area contributed by atoms with Crippen LogP contribution in [0.15, 0.2) is 42.5 Å². The van der Waals surface area contributed by atoms with Gasteiger partial charge < -0.3 is 4.90 Å². The summed E-state index contributed by atoms with van der Waals surface area (Å²) in [6.45, 7) is 3.57. The van der Waals surface area contributed by atoms with Crippen LogP contribution in [0.4, 0.5) is 0 Å². The van der Waals surface area contributed by atoms with Gasteiger partial charge >= 0.3 is 0 Å². The molecule has 2 aromatic rings. The average molecular weight is 313 g/mol. The van der Waals surface area contributed by atoms with Gasteiger partial charge in [0.15, 0.2) is 5.78 Å². The lowest BCUT2D eigenvalue weighted by atomic mass is 10.0. The van der Waals surface area contributed by atoms with Crippen molar-refractivity contribution in [2.24, 2.45) is 0 Å². The lowest BCUT2D eigenvalue weighted by Crippen LogP contribution is -2.33. The van der Waals surface area contributed by atoms with E-state index in [4.69, 9.17) is 0 Å². The highest BCUT2D eigenvalue weighted by atomic mass is 32.2. The van der Waals surface area contributed by atoms with Crippen LogP contribution in [0.3, 0.4) is 0 Å². The zero-order valence-electron chi connectivity index (χ0n) is 13.0. The number of hydrogen-bond donors (Lipinski definition) is 0. The Morgan fingerprint density at radius 2 is 1.77 bits per heavy atom. The van der Waals surface area contributed by atoms with Gasteiger partial charge in [0.2, 0.25) is 0 Å². The highest BCUT2D eigenvalue weighted by Crippen LogP contribution is 2.17. The summed E-state index contributed by atoms with van der Waals surface area (Å²) in [5, 5.41) is 2.35. The van der Waals surface area contributed by atoms with E-state index >= 15 is 0 Å². The normalized spacial score (nSPS) is 16.0. The second-order valence-corrected chi connectivity index (χ2v) is 7.12. The minimum absolute atomic E-state index is 0.278. The molecular formula is C19H23NOS. The van der Waals surface area contributed by atoms with Crippen LogP contribution in [0.1, 0.15) is 29.6 Å². The molecule has 1 saturated heterocycles. The van der Waals surface area contributed by atoms with E-state index in [1.54, 1.807) is 0 Å². The Balaban J connectivity index is 1.48. The molecule has 0 unspecified atom stereocenters. The van der Waals surface area contributed by atoms with Crippen LogP contribution < -0.4 is 0 Å². The van der Waals surface area contributed by atoms with E-state index < -0.39 is 0 Å². The van der Waals surface area contributed by atoms with Crippen LogP contribution in [-0.2, 0) is 0 Å². The molecule has 1 aliphatic rings. The molecule has 0 aliphatic carbocycles. The van der Waals surface area contributed by atoms with Gasteiger partial charge in [0, 0.05) is 36.6 Å². The molecule has 1 aliphatic heterocycles. The zero-order valence-corrected chi connectivity index (χ0v) is 13.8. The van der Waals surface area contributed by atoms with Crippen molar-refractivity contribution < 1.29 is 4.79 Å². The van der Waals surface area contributed by atoms with Gasteiger partial charge in [-0.25, -0.2) is 0 Å². The van der Waals surface area contributed by atoms with Crippen molar-refractivity contribution in [1.29, 1.82) is 0 Å². The first-order valence-electron chi connectivity index (χ1n) is 8.15. The summed E-state index contributed by atoms with van der Waals surface area (Å²) in [5.74, 6) is 2.80. The summed E-state index contributed by atoms with van der Waals surface area (Å²) in [5.41, 5.74) is 0.855. The first kappa shape index (κ1) is 15.6. The maximum absolute atomic E-state index is 12.3. The molecule has 3 heteroatoms. The van der Waals surface area contributed by atoms with Gasteiger partial charge in [-0.2, -0.15) is 11.8 Å². The number of fused-ring (bicyclic) bond motifs is 1. The Morgan fingerprint density at radius 3 is 2.59 bits per heavy atom. The molecule has 0 spiro atoms. The van der Waals surface area contributed by atoms with Crippen molar-refractivity contribution in [2.75, 3.05) is 31.1 Å². The molecule has 22 heavy (non-hydrogen) atoms. The van der Waals surface area contributed by atoms with Gasteiger partial charge in [0.25, 0.3) is 0 Å². The molecule has 116 valence electrons. The lowest BCUT2D eigenvalue weighted by molar-refractivity contribution is 0.0978. The van der Waals surface area contributed by atoms with E-state index in [0.29, 0.717) is 6.42 Å². The van der Waals surface area contributed by atoms with Gasteiger partial charge in [-0.1, -0.05) is 36.4 Å². The molecule has 0 saturated carbocycles. The van der Waals surface area contributed by atoms with Crippen molar-refractivity contribution in [3.8, 4) is 0 Å². The van der Waals surface area contributed by atoms with Gasteiger partial charge in [-0.15, -0.1) is 0 Å². The fourth-order valence-corrected chi connectivity index (χ4v) is 3.93. The Bertz CT molecular complexity index is 634. The fourth-order valence-electron chi connectivity index (χ4n) is 2.95. The van der Waals surface area contributed by atoms with E-state index in [1.165, 1.54) is 30.0 Å². The predicted octanol–water partition coefficient (Wildman–Crippen LogP) is 4.24. The van der Waals surface area contributed by atoms with Crippen LogP contribution in [0, 0.1) is 0 Å². The third kappa shape index (κ3) is 4.11. The van der Waals surface area contributed by atoms with Crippen molar-refractivity contribution >= 4 is 28.3 Å². The summed E-state index contributed by atoms with van der Waals surface area (Å²) in [6, 6.07) is 14.2. The van der Waals surface area contributed by atoms with Gasteiger partial charge in [-0.05, 0) is 36.2 Å². The Hall–Kier alpha value is -1.32. The number of Topliss-reactive ketones (excluding diaryl/α,β-unsaturated/α-hetero) is 1. The predicted molar refractivity (Wildman–Crippen MR) is 95.9 cm³/mol. The molecule has 0 radical (unpaired) electrons. The van der Waals surface area contributed by atoms with Crippen molar-refractivity contribution in [1.82, 2.24) is 4.90 Å². The minimum atomic E-state index is 0.278.